The molecule has 0 amide bonds. The van der Waals surface area contributed by atoms with E-state index in [4.69, 9.17) is 5.26 Å². The molecule has 0 aliphatic heterocycles. The lowest BCUT2D eigenvalue weighted by atomic mass is 10.1. The van der Waals surface area contributed by atoms with E-state index in [2.05, 4.69) is 9.97 Å². The highest BCUT2D eigenvalue weighted by Crippen LogP contribution is 2.25. The lowest BCUT2D eigenvalue weighted by Crippen LogP contribution is -2.33. The first-order valence-electron chi connectivity index (χ1n) is 6.54. The molecule has 2 aromatic rings. The third kappa shape index (κ3) is 3.35. The summed E-state index contributed by atoms with van der Waals surface area (Å²) in [5, 5.41) is 19.5. The van der Waals surface area contributed by atoms with Crippen molar-refractivity contribution in [2.45, 2.75) is 23.8 Å². The molecule has 0 spiro atoms. The van der Waals surface area contributed by atoms with Gasteiger partial charge in [-0.25, -0.2) is 4.98 Å². The summed E-state index contributed by atoms with van der Waals surface area (Å²) in [6.45, 7) is 1.70. The van der Waals surface area contributed by atoms with Gasteiger partial charge in [0.15, 0.2) is 5.16 Å². The van der Waals surface area contributed by atoms with Gasteiger partial charge < -0.3 is 14.9 Å². The number of H-pyrrole nitrogens is 1. The quantitative estimate of drug-likeness (QED) is 0.649. The molecule has 1 aromatic heterocycles. The van der Waals surface area contributed by atoms with Crippen molar-refractivity contribution in [3.63, 3.8) is 0 Å². The van der Waals surface area contributed by atoms with Crippen molar-refractivity contribution in [2.75, 3.05) is 0 Å². The molecule has 0 bridgehead atoms. The van der Waals surface area contributed by atoms with E-state index in [0.29, 0.717) is 12.0 Å². The number of benzene rings is 1. The Morgan fingerprint density at radius 2 is 2.14 bits per heavy atom. The number of carboxylic acid groups (broad SMARTS) is 1. The first-order chi connectivity index (χ1) is 10.6. The van der Waals surface area contributed by atoms with Crippen molar-refractivity contribution < 1.29 is 9.90 Å². The maximum Gasteiger partial charge on any atom is 0.270 e. The predicted octanol–water partition coefficient (Wildman–Crippen LogP) is 0.929. The van der Waals surface area contributed by atoms with Crippen molar-refractivity contribution in [1.29, 1.82) is 5.26 Å². The van der Waals surface area contributed by atoms with Gasteiger partial charge in [-0.05, 0) is 6.42 Å². The number of nitriles is 1. The Balaban J connectivity index is 2.52. The van der Waals surface area contributed by atoms with Crippen LogP contribution in [0.2, 0.25) is 0 Å². The summed E-state index contributed by atoms with van der Waals surface area (Å²) in [6, 6.07) is 10.6. The molecular weight excluding hydrogens is 302 g/mol. The third-order valence-corrected chi connectivity index (χ3v) is 4.17. The zero-order valence-electron chi connectivity index (χ0n) is 11.7. The molecule has 112 valence electrons. The Bertz CT molecular complexity index is 781. The second-order valence-electron chi connectivity index (χ2n) is 4.41. The van der Waals surface area contributed by atoms with Gasteiger partial charge in [-0.3, -0.25) is 4.79 Å². The first-order valence-corrected chi connectivity index (χ1v) is 7.42. The number of thioether (sulfide) groups is 1. The van der Waals surface area contributed by atoms with E-state index >= 15 is 0 Å². The van der Waals surface area contributed by atoms with Crippen LogP contribution in [0.1, 0.15) is 18.9 Å². The van der Waals surface area contributed by atoms with E-state index < -0.39 is 16.8 Å². The Morgan fingerprint density at radius 1 is 1.45 bits per heavy atom. The van der Waals surface area contributed by atoms with Crippen LogP contribution in [-0.2, 0) is 4.79 Å². The van der Waals surface area contributed by atoms with Crippen LogP contribution >= 0.6 is 11.8 Å². The predicted molar refractivity (Wildman–Crippen MR) is 80.0 cm³/mol. The number of aliphatic carboxylic acids is 1. The van der Waals surface area contributed by atoms with Crippen molar-refractivity contribution in [2.24, 2.45) is 0 Å². The number of rotatable bonds is 5. The Hall–Kier alpha value is -2.59. The number of carboxylic acids is 1. The average molecular weight is 314 g/mol. The van der Waals surface area contributed by atoms with Crippen LogP contribution < -0.4 is 10.7 Å². The van der Waals surface area contributed by atoms with E-state index in [1.165, 1.54) is 0 Å². The molecule has 0 radical (unpaired) electrons. The van der Waals surface area contributed by atoms with Gasteiger partial charge in [-0.15, -0.1) is 0 Å². The second kappa shape index (κ2) is 6.91. The molecule has 1 N–H and O–H groups in total. The fraction of sp³-hybridized carbons (Fsp3) is 0.200. The van der Waals surface area contributed by atoms with Crippen molar-refractivity contribution in [1.82, 2.24) is 9.97 Å². The van der Waals surface area contributed by atoms with Crippen molar-refractivity contribution in [3.8, 4) is 17.3 Å². The summed E-state index contributed by atoms with van der Waals surface area (Å²) in [5.41, 5.74) is 0.167. The minimum Gasteiger partial charge on any atom is -0.549 e. The van der Waals surface area contributed by atoms with E-state index in [1.54, 1.807) is 31.2 Å². The number of hydrogen-bond acceptors (Lipinski definition) is 6. The van der Waals surface area contributed by atoms with Crippen LogP contribution in [0.25, 0.3) is 11.3 Å². The molecule has 0 saturated heterocycles. The Kier molecular flexibility index (Phi) is 4.96. The first kappa shape index (κ1) is 15.8. The molecule has 22 heavy (non-hydrogen) atoms. The van der Waals surface area contributed by atoms with E-state index in [-0.39, 0.29) is 16.4 Å². The van der Waals surface area contributed by atoms with Gasteiger partial charge in [0.25, 0.3) is 5.56 Å². The maximum absolute atomic E-state index is 12.0. The fourth-order valence-electron chi connectivity index (χ4n) is 1.85. The third-order valence-electron chi connectivity index (χ3n) is 2.94. The summed E-state index contributed by atoms with van der Waals surface area (Å²) < 4.78 is 0. The van der Waals surface area contributed by atoms with Crippen LogP contribution in [0.5, 0.6) is 0 Å². The van der Waals surface area contributed by atoms with Crippen LogP contribution in [-0.4, -0.2) is 21.2 Å². The van der Waals surface area contributed by atoms with Gasteiger partial charge in [-0.2, -0.15) is 5.26 Å². The lowest BCUT2D eigenvalue weighted by Gasteiger charge is -2.15. The van der Waals surface area contributed by atoms with Gasteiger partial charge in [-0.1, -0.05) is 49.0 Å². The molecule has 0 aliphatic carbocycles. The van der Waals surface area contributed by atoms with Gasteiger partial charge in [0.05, 0.1) is 16.9 Å². The summed E-state index contributed by atoms with van der Waals surface area (Å²) in [7, 11) is 0. The minimum absolute atomic E-state index is 0.1000. The highest BCUT2D eigenvalue weighted by molar-refractivity contribution is 8.00. The minimum atomic E-state index is -1.22. The normalized spacial score (nSPS) is 11.6. The van der Waals surface area contributed by atoms with Crippen molar-refractivity contribution in [3.05, 3.63) is 46.2 Å². The lowest BCUT2D eigenvalue weighted by molar-refractivity contribution is -0.304. The summed E-state index contributed by atoms with van der Waals surface area (Å²) in [6.07, 6.45) is 0.331. The molecule has 2 rings (SSSR count). The molecule has 1 unspecified atom stereocenters. The van der Waals surface area contributed by atoms with E-state index in [0.717, 1.165) is 11.8 Å². The van der Waals surface area contributed by atoms with Crippen LogP contribution in [0, 0.1) is 11.3 Å². The standard InChI is InChI=1S/C15H13N3O3S/c1-2-11(14(20)21)22-15-17-12(9-6-4-3-5-7-9)10(8-16)13(19)18-15/h3-7,11H,2H2,1H3,(H,20,21)(H,17,18,19)/p-1. The smallest absolute Gasteiger partial charge is 0.270 e. The molecule has 7 heteroatoms. The molecular formula is C15H12N3O3S-. The number of carbonyl (C=O) groups excluding carboxylic acids is 1. The molecule has 0 fully saturated rings. The number of hydrogen-bond donors (Lipinski definition) is 1. The summed E-state index contributed by atoms with van der Waals surface area (Å²) >= 11 is 0.901. The largest absolute Gasteiger partial charge is 0.549 e. The van der Waals surface area contributed by atoms with E-state index in [9.17, 15) is 14.7 Å². The molecule has 0 aliphatic rings. The maximum atomic E-state index is 12.0. The number of carbonyl (C=O) groups is 1. The molecule has 1 aromatic carbocycles. The number of aromatic nitrogens is 2. The zero-order chi connectivity index (χ0) is 16.1. The SMILES string of the molecule is CCC(Sc1nc(-c2ccccc2)c(C#N)c(=O)[nH]1)C(=O)[O-]. The van der Waals surface area contributed by atoms with Gasteiger partial charge in [0.2, 0.25) is 0 Å². The van der Waals surface area contributed by atoms with Gasteiger partial charge in [0.1, 0.15) is 11.6 Å². The van der Waals surface area contributed by atoms with Crippen LogP contribution in [0.15, 0.2) is 40.3 Å². The highest BCUT2D eigenvalue weighted by Gasteiger charge is 2.16. The summed E-state index contributed by atoms with van der Waals surface area (Å²) in [4.78, 5) is 29.7. The second-order valence-corrected chi connectivity index (χ2v) is 5.60. The number of nitrogens with one attached hydrogen (secondary N) is 1. The Morgan fingerprint density at radius 3 is 2.68 bits per heavy atom. The Labute approximate surface area is 130 Å². The zero-order valence-corrected chi connectivity index (χ0v) is 12.5. The number of aromatic amines is 1. The average Bonchev–Trinajstić information content (AvgIpc) is 2.52. The van der Waals surface area contributed by atoms with Crippen molar-refractivity contribution >= 4 is 17.7 Å². The molecule has 0 saturated carbocycles. The molecule has 1 atom stereocenters. The summed E-state index contributed by atoms with van der Waals surface area (Å²) in [5.74, 6) is -1.22. The van der Waals surface area contributed by atoms with Crippen LogP contribution in [0.3, 0.4) is 0 Å². The van der Waals surface area contributed by atoms with Gasteiger partial charge >= 0.3 is 0 Å². The molecule has 1 heterocycles. The fourth-order valence-corrected chi connectivity index (χ4v) is 2.68. The van der Waals surface area contributed by atoms with E-state index in [1.807, 2.05) is 12.1 Å². The van der Waals surface area contributed by atoms with Crippen LogP contribution in [0.4, 0.5) is 0 Å². The molecule has 6 nitrogen and oxygen atoms in total. The monoisotopic (exact) mass is 314 g/mol. The topological polar surface area (TPSA) is 110 Å². The highest BCUT2D eigenvalue weighted by atomic mass is 32.2. The van der Waals surface area contributed by atoms with Gasteiger partial charge in [0, 0.05) is 5.56 Å². The number of nitrogens with zero attached hydrogens (tertiary/aromatic N) is 2.